The van der Waals surface area contributed by atoms with Crippen molar-refractivity contribution in [2.45, 2.75) is 6.42 Å². The first-order valence-corrected chi connectivity index (χ1v) is 6.96. The number of carbonyl (C=O) groups is 1. The average Bonchev–Trinajstić information content (AvgIpc) is 2.53. The van der Waals surface area contributed by atoms with Gasteiger partial charge in [-0.25, -0.2) is 8.78 Å². The first-order valence-electron chi connectivity index (χ1n) is 6.96. The molecule has 126 valence electrons. The predicted octanol–water partition coefficient (Wildman–Crippen LogP) is 2.85. The molecule has 0 spiro atoms. The number of nitrogens with zero attached hydrogens (tertiary/aromatic N) is 1. The van der Waals surface area contributed by atoms with Gasteiger partial charge in [-0.15, -0.1) is 0 Å². The third kappa shape index (κ3) is 4.25. The normalized spacial score (nSPS) is 10.3. The number of nitro benzene ring substituents is 1. The molecule has 0 aliphatic carbocycles. The van der Waals surface area contributed by atoms with Crippen LogP contribution in [0.5, 0.6) is 5.75 Å². The summed E-state index contributed by atoms with van der Waals surface area (Å²) in [5.41, 5.74) is -0.136. The van der Waals surface area contributed by atoms with Gasteiger partial charge in [0.25, 0.3) is 11.6 Å². The van der Waals surface area contributed by atoms with E-state index in [2.05, 4.69) is 5.32 Å². The Kier molecular flexibility index (Phi) is 5.41. The van der Waals surface area contributed by atoms with Crippen molar-refractivity contribution in [2.24, 2.45) is 0 Å². The van der Waals surface area contributed by atoms with Gasteiger partial charge in [0, 0.05) is 18.7 Å². The molecule has 8 heteroatoms. The van der Waals surface area contributed by atoms with Crippen molar-refractivity contribution >= 4 is 11.6 Å². The fourth-order valence-corrected chi connectivity index (χ4v) is 2.15. The Morgan fingerprint density at radius 3 is 2.46 bits per heavy atom. The summed E-state index contributed by atoms with van der Waals surface area (Å²) in [5.74, 6) is -1.78. The second-order valence-corrected chi connectivity index (χ2v) is 4.92. The largest absolute Gasteiger partial charge is 0.497 e. The van der Waals surface area contributed by atoms with Crippen molar-refractivity contribution in [3.05, 3.63) is 69.3 Å². The van der Waals surface area contributed by atoms with Gasteiger partial charge in [-0.2, -0.15) is 0 Å². The molecule has 0 aliphatic heterocycles. The van der Waals surface area contributed by atoms with Gasteiger partial charge in [-0.3, -0.25) is 14.9 Å². The van der Waals surface area contributed by atoms with Crippen molar-refractivity contribution in [3.63, 3.8) is 0 Å². The Labute approximate surface area is 136 Å². The molecule has 0 atom stereocenters. The maximum Gasteiger partial charge on any atom is 0.282 e. The fraction of sp³-hybridized carbons (Fsp3) is 0.188. The Balaban J connectivity index is 2.08. The summed E-state index contributed by atoms with van der Waals surface area (Å²) in [6, 6.07) is 6.88. The van der Waals surface area contributed by atoms with Crippen LogP contribution in [0.3, 0.4) is 0 Å². The number of methoxy groups -OCH3 is 1. The van der Waals surface area contributed by atoms with Crippen LogP contribution in [0.25, 0.3) is 0 Å². The molecule has 0 radical (unpaired) electrons. The molecule has 0 saturated carbocycles. The molecular formula is C16H14F2N2O4. The monoisotopic (exact) mass is 336 g/mol. The summed E-state index contributed by atoms with van der Waals surface area (Å²) < 4.78 is 31.1. The Morgan fingerprint density at radius 1 is 1.21 bits per heavy atom. The van der Waals surface area contributed by atoms with Gasteiger partial charge in [0.2, 0.25) is 0 Å². The lowest BCUT2D eigenvalue weighted by molar-refractivity contribution is -0.385. The lowest BCUT2D eigenvalue weighted by Gasteiger charge is -2.08. The van der Waals surface area contributed by atoms with Crippen LogP contribution in [0.1, 0.15) is 15.9 Å². The summed E-state index contributed by atoms with van der Waals surface area (Å²) in [4.78, 5) is 22.5. The van der Waals surface area contributed by atoms with Crippen molar-refractivity contribution < 1.29 is 23.2 Å². The van der Waals surface area contributed by atoms with E-state index in [9.17, 15) is 23.7 Å². The van der Waals surface area contributed by atoms with Crippen LogP contribution in [0, 0.1) is 21.7 Å². The maximum absolute atomic E-state index is 13.1. The van der Waals surface area contributed by atoms with Crippen molar-refractivity contribution in [1.29, 1.82) is 0 Å². The number of ether oxygens (including phenoxy) is 1. The van der Waals surface area contributed by atoms with Gasteiger partial charge in [-0.1, -0.05) is 0 Å². The van der Waals surface area contributed by atoms with Crippen LogP contribution < -0.4 is 10.1 Å². The van der Waals surface area contributed by atoms with E-state index in [1.165, 1.54) is 25.3 Å². The van der Waals surface area contributed by atoms with E-state index in [-0.39, 0.29) is 24.2 Å². The number of amides is 1. The Hall–Kier alpha value is -3.03. The maximum atomic E-state index is 13.1. The molecule has 0 heterocycles. The highest BCUT2D eigenvalue weighted by atomic mass is 19.1. The van der Waals surface area contributed by atoms with Crippen LogP contribution >= 0.6 is 0 Å². The number of hydrogen-bond donors (Lipinski definition) is 1. The predicted molar refractivity (Wildman–Crippen MR) is 82.0 cm³/mol. The molecule has 0 saturated heterocycles. The van der Waals surface area contributed by atoms with Crippen molar-refractivity contribution in [2.75, 3.05) is 13.7 Å². The first-order chi connectivity index (χ1) is 11.4. The minimum atomic E-state index is -0.709. The third-order valence-electron chi connectivity index (χ3n) is 3.27. The zero-order valence-corrected chi connectivity index (χ0v) is 12.7. The second-order valence-electron chi connectivity index (χ2n) is 4.92. The number of benzene rings is 2. The second kappa shape index (κ2) is 7.49. The zero-order chi connectivity index (χ0) is 17.7. The number of halogens is 2. The molecule has 0 aromatic heterocycles. The molecular weight excluding hydrogens is 322 g/mol. The number of carbonyl (C=O) groups excluding carboxylic acids is 1. The van der Waals surface area contributed by atoms with E-state index in [1.807, 2.05) is 0 Å². The third-order valence-corrected chi connectivity index (χ3v) is 3.27. The molecule has 1 N–H and O–H groups in total. The van der Waals surface area contributed by atoms with Crippen molar-refractivity contribution in [1.82, 2.24) is 5.32 Å². The number of hydrogen-bond acceptors (Lipinski definition) is 4. The molecule has 24 heavy (non-hydrogen) atoms. The molecule has 0 fully saturated rings. The van der Waals surface area contributed by atoms with Gasteiger partial charge in [-0.05, 0) is 36.2 Å². The van der Waals surface area contributed by atoms with Gasteiger partial charge in [0.05, 0.1) is 12.0 Å². The first kappa shape index (κ1) is 17.3. The summed E-state index contributed by atoms with van der Waals surface area (Å²) in [6.45, 7) is 0.0656. The zero-order valence-electron chi connectivity index (χ0n) is 12.7. The molecule has 2 aromatic carbocycles. The fourth-order valence-electron chi connectivity index (χ4n) is 2.15. The van der Waals surface area contributed by atoms with E-state index in [4.69, 9.17) is 4.74 Å². The lowest BCUT2D eigenvalue weighted by Crippen LogP contribution is -2.26. The minimum Gasteiger partial charge on any atom is -0.497 e. The Bertz CT molecular complexity index is 760. The minimum absolute atomic E-state index is 0.0656. The summed E-state index contributed by atoms with van der Waals surface area (Å²) in [7, 11) is 1.38. The molecule has 2 aromatic rings. The molecule has 0 bridgehead atoms. The highest BCUT2D eigenvalue weighted by Gasteiger charge is 2.20. The summed E-state index contributed by atoms with van der Waals surface area (Å²) >= 11 is 0. The van der Waals surface area contributed by atoms with E-state index >= 15 is 0 Å². The molecule has 1 amide bonds. The summed E-state index contributed by atoms with van der Waals surface area (Å²) in [5, 5.41) is 13.5. The van der Waals surface area contributed by atoms with Gasteiger partial charge in [0.1, 0.15) is 22.9 Å². The van der Waals surface area contributed by atoms with Crippen LogP contribution in [0.15, 0.2) is 36.4 Å². The van der Waals surface area contributed by atoms with Gasteiger partial charge in [0.15, 0.2) is 0 Å². The number of rotatable bonds is 6. The Morgan fingerprint density at radius 2 is 1.88 bits per heavy atom. The molecule has 0 aliphatic rings. The van der Waals surface area contributed by atoms with E-state index in [1.54, 1.807) is 0 Å². The topological polar surface area (TPSA) is 81.5 Å². The van der Waals surface area contributed by atoms with Crippen LogP contribution in [0.2, 0.25) is 0 Å². The number of nitro groups is 1. The molecule has 2 rings (SSSR count). The average molecular weight is 336 g/mol. The summed E-state index contributed by atoms with van der Waals surface area (Å²) in [6.07, 6.45) is 0.179. The van der Waals surface area contributed by atoms with Gasteiger partial charge >= 0.3 is 0 Å². The van der Waals surface area contributed by atoms with E-state index in [0.29, 0.717) is 11.3 Å². The van der Waals surface area contributed by atoms with Crippen LogP contribution in [-0.2, 0) is 6.42 Å². The highest BCUT2D eigenvalue weighted by molar-refractivity contribution is 5.98. The standard InChI is InChI=1S/C16H14F2N2O4/c1-24-13-2-3-15(20(22)23)14(9-13)16(21)19-5-4-10-6-11(17)8-12(18)7-10/h2-3,6-9H,4-5H2,1H3,(H,19,21). The van der Waals surface area contributed by atoms with Gasteiger partial charge < -0.3 is 10.1 Å². The lowest BCUT2D eigenvalue weighted by atomic mass is 10.1. The van der Waals surface area contributed by atoms with E-state index < -0.39 is 22.5 Å². The van der Waals surface area contributed by atoms with Crippen LogP contribution in [0.4, 0.5) is 14.5 Å². The number of nitrogens with one attached hydrogen (secondary N) is 1. The molecule has 6 nitrogen and oxygen atoms in total. The quantitative estimate of drug-likeness (QED) is 0.650. The molecule has 0 unspecified atom stereocenters. The SMILES string of the molecule is COc1ccc([N+](=O)[O-])c(C(=O)NCCc2cc(F)cc(F)c2)c1. The van der Waals surface area contributed by atoms with Crippen LogP contribution in [-0.4, -0.2) is 24.5 Å². The highest BCUT2D eigenvalue weighted by Crippen LogP contribution is 2.23. The van der Waals surface area contributed by atoms with E-state index in [0.717, 1.165) is 18.2 Å². The smallest absolute Gasteiger partial charge is 0.282 e. The van der Waals surface area contributed by atoms with Crippen molar-refractivity contribution in [3.8, 4) is 5.75 Å².